The first-order valence-electron chi connectivity index (χ1n) is 4.18. The van der Waals surface area contributed by atoms with Gasteiger partial charge in [0.25, 0.3) is 0 Å². The molecule has 82 valence electrons. The van der Waals surface area contributed by atoms with Crippen LogP contribution in [0.4, 0.5) is 0 Å². The van der Waals surface area contributed by atoms with E-state index in [1.807, 2.05) is 0 Å². The molecule has 0 amide bonds. The van der Waals surface area contributed by atoms with E-state index in [9.17, 15) is 13.5 Å². The van der Waals surface area contributed by atoms with Crippen LogP contribution in [0.15, 0.2) is 0 Å². The molecular weight excluding hydrogens is 204 g/mol. The second-order valence-corrected chi connectivity index (χ2v) is 6.25. The molecule has 5 nitrogen and oxygen atoms in total. The van der Waals surface area contributed by atoms with Crippen LogP contribution < -0.4 is 0 Å². The molecule has 1 N–H and O–H groups in total. The zero-order chi connectivity index (χ0) is 11.6. The number of hydrogen-bond acceptors (Lipinski definition) is 4. The summed E-state index contributed by atoms with van der Waals surface area (Å²) in [6.45, 7) is 4.31. The fourth-order valence-corrected chi connectivity index (χ4v) is 2.14. The molecule has 0 bridgehead atoms. The number of nitrogens with zero attached hydrogens (tertiary/aromatic N) is 2. The van der Waals surface area contributed by atoms with Crippen LogP contribution in [-0.2, 0) is 10.0 Å². The number of rotatable bonds is 4. The fourth-order valence-electron chi connectivity index (χ4n) is 0.971. The lowest BCUT2D eigenvalue weighted by molar-refractivity contribution is 0.0639. The SMILES string of the molecule is CC(C#N)S(=O)(=O)N(C)CC(C)(C)O. The number of nitriles is 1. The summed E-state index contributed by atoms with van der Waals surface area (Å²) in [5, 5.41) is 16.8. The minimum atomic E-state index is -3.61. The lowest BCUT2D eigenvalue weighted by Crippen LogP contribution is -2.42. The lowest BCUT2D eigenvalue weighted by Gasteiger charge is -2.25. The Bertz CT molecular complexity index is 323. The first kappa shape index (κ1) is 13.4. The fraction of sp³-hybridized carbons (Fsp3) is 0.875. The summed E-state index contributed by atoms with van der Waals surface area (Å²) in [6, 6.07) is 1.66. The first-order chi connectivity index (χ1) is 6.11. The van der Waals surface area contributed by atoms with E-state index in [-0.39, 0.29) is 6.54 Å². The molecule has 0 saturated carbocycles. The van der Waals surface area contributed by atoms with Gasteiger partial charge in [0.05, 0.1) is 11.7 Å². The van der Waals surface area contributed by atoms with E-state index in [1.165, 1.54) is 27.8 Å². The second-order valence-electron chi connectivity index (χ2n) is 3.88. The van der Waals surface area contributed by atoms with Crippen molar-refractivity contribution in [3.8, 4) is 6.07 Å². The largest absolute Gasteiger partial charge is 0.389 e. The molecule has 0 rings (SSSR count). The zero-order valence-corrected chi connectivity index (χ0v) is 9.67. The number of hydrogen-bond donors (Lipinski definition) is 1. The highest BCUT2D eigenvalue weighted by Gasteiger charge is 2.29. The average molecular weight is 220 g/mol. The number of sulfonamides is 1. The van der Waals surface area contributed by atoms with Gasteiger partial charge in [0.15, 0.2) is 5.25 Å². The van der Waals surface area contributed by atoms with Crippen molar-refractivity contribution >= 4 is 10.0 Å². The Hall–Kier alpha value is -0.640. The summed E-state index contributed by atoms with van der Waals surface area (Å²) in [5.74, 6) is 0. The predicted molar refractivity (Wildman–Crippen MR) is 52.9 cm³/mol. The second kappa shape index (κ2) is 4.26. The standard InChI is InChI=1S/C8H16N2O3S/c1-7(5-9)14(12,13)10(4)6-8(2,3)11/h7,11H,6H2,1-4H3. The Morgan fingerprint density at radius 3 is 2.29 bits per heavy atom. The summed E-state index contributed by atoms with van der Waals surface area (Å²) < 4.78 is 24.1. The maximum absolute atomic E-state index is 11.5. The van der Waals surface area contributed by atoms with Gasteiger partial charge in [-0.1, -0.05) is 0 Å². The van der Waals surface area contributed by atoms with E-state index < -0.39 is 20.9 Å². The van der Waals surface area contributed by atoms with Crippen molar-refractivity contribution in [2.24, 2.45) is 0 Å². The Morgan fingerprint density at radius 1 is 1.57 bits per heavy atom. The average Bonchev–Trinajstić information content (AvgIpc) is 1.99. The molecule has 0 radical (unpaired) electrons. The van der Waals surface area contributed by atoms with E-state index in [1.54, 1.807) is 6.07 Å². The van der Waals surface area contributed by atoms with E-state index in [0.29, 0.717) is 0 Å². The third-order valence-electron chi connectivity index (χ3n) is 1.67. The highest BCUT2D eigenvalue weighted by Crippen LogP contribution is 2.11. The van der Waals surface area contributed by atoms with Crippen molar-refractivity contribution < 1.29 is 13.5 Å². The highest BCUT2D eigenvalue weighted by atomic mass is 32.2. The predicted octanol–water partition coefficient (Wildman–Crippen LogP) is -0.0690. The van der Waals surface area contributed by atoms with E-state index in [4.69, 9.17) is 5.26 Å². The summed E-state index contributed by atoms with van der Waals surface area (Å²) in [5.41, 5.74) is -1.10. The van der Waals surface area contributed by atoms with E-state index in [0.717, 1.165) is 4.31 Å². The van der Waals surface area contributed by atoms with Crippen LogP contribution in [0.1, 0.15) is 20.8 Å². The molecular formula is C8H16N2O3S. The molecule has 0 saturated heterocycles. The van der Waals surface area contributed by atoms with E-state index >= 15 is 0 Å². The van der Waals surface area contributed by atoms with Gasteiger partial charge >= 0.3 is 0 Å². The molecule has 14 heavy (non-hydrogen) atoms. The molecule has 1 atom stereocenters. The van der Waals surface area contributed by atoms with Crippen molar-refractivity contribution in [3.05, 3.63) is 0 Å². The number of likely N-dealkylation sites (N-methyl/N-ethyl adjacent to an activating group) is 1. The van der Waals surface area contributed by atoms with Crippen LogP contribution in [0.25, 0.3) is 0 Å². The minimum absolute atomic E-state index is 0.0264. The topological polar surface area (TPSA) is 81.4 Å². The smallest absolute Gasteiger partial charge is 0.230 e. The Morgan fingerprint density at radius 2 is 2.00 bits per heavy atom. The lowest BCUT2D eigenvalue weighted by atomic mass is 10.1. The normalized spacial score (nSPS) is 15.2. The first-order valence-corrected chi connectivity index (χ1v) is 5.69. The van der Waals surface area contributed by atoms with E-state index in [2.05, 4.69) is 0 Å². The molecule has 0 aliphatic carbocycles. The van der Waals surface area contributed by atoms with Crippen LogP contribution in [0.2, 0.25) is 0 Å². The summed E-state index contributed by atoms with van der Waals surface area (Å²) in [6.07, 6.45) is 0. The summed E-state index contributed by atoms with van der Waals surface area (Å²) in [4.78, 5) is 0. The van der Waals surface area contributed by atoms with Gasteiger partial charge in [-0.15, -0.1) is 0 Å². The molecule has 0 aromatic carbocycles. The molecule has 0 heterocycles. The molecule has 0 aromatic rings. The van der Waals surface area contributed by atoms with Gasteiger partial charge in [-0.3, -0.25) is 0 Å². The molecule has 0 aliphatic heterocycles. The van der Waals surface area contributed by atoms with Crippen LogP contribution in [0.3, 0.4) is 0 Å². The summed E-state index contributed by atoms with van der Waals surface area (Å²) in [7, 11) is -2.26. The third kappa shape index (κ3) is 3.62. The summed E-state index contributed by atoms with van der Waals surface area (Å²) >= 11 is 0. The van der Waals surface area contributed by atoms with Crippen molar-refractivity contribution in [2.45, 2.75) is 31.6 Å². The van der Waals surface area contributed by atoms with Gasteiger partial charge in [-0.05, 0) is 20.8 Å². The monoisotopic (exact) mass is 220 g/mol. The Labute approximate surface area is 85.0 Å². The Balaban J connectivity index is 4.72. The van der Waals surface area contributed by atoms with Gasteiger partial charge in [0.2, 0.25) is 10.0 Å². The van der Waals surface area contributed by atoms with Crippen molar-refractivity contribution in [2.75, 3.05) is 13.6 Å². The molecule has 0 aromatic heterocycles. The molecule has 6 heteroatoms. The van der Waals surface area contributed by atoms with Crippen LogP contribution in [-0.4, -0.2) is 42.3 Å². The van der Waals surface area contributed by atoms with Crippen LogP contribution in [0.5, 0.6) is 0 Å². The maximum atomic E-state index is 11.5. The number of aliphatic hydroxyl groups is 1. The van der Waals surface area contributed by atoms with Crippen LogP contribution >= 0.6 is 0 Å². The Kier molecular flexibility index (Phi) is 4.06. The van der Waals surface area contributed by atoms with Gasteiger partial charge in [-0.2, -0.15) is 5.26 Å². The maximum Gasteiger partial charge on any atom is 0.230 e. The molecule has 0 spiro atoms. The van der Waals surface area contributed by atoms with Gasteiger partial charge in [-0.25, -0.2) is 12.7 Å². The van der Waals surface area contributed by atoms with Crippen molar-refractivity contribution in [3.63, 3.8) is 0 Å². The molecule has 0 aliphatic rings. The third-order valence-corrected chi connectivity index (χ3v) is 3.67. The van der Waals surface area contributed by atoms with Crippen molar-refractivity contribution in [1.29, 1.82) is 5.26 Å². The van der Waals surface area contributed by atoms with Gasteiger partial charge < -0.3 is 5.11 Å². The zero-order valence-electron chi connectivity index (χ0n) is 8.85. The minimum Gasteiger partial charge on any atom is -0.389 e. The quantitative estimate of drug-likeness (QED) is 0.719. The van der Waals surface area contributed by atoms with Gasteiger partial charge in [0, 0.05) is 13.6 Å². The van der Waals surface area contributed by atoms with Crippen molar-refractivity contribution in [1.82, 2.24) is 4.31 Å². The van der Waals surface area contributed by atoms with Crippen LogP contribution in [0, 0.1) is 11.3 Å². The molecule has 0 fully saturated rings. The highest BCUT2D eigenvalue weighted by molar-refractivity contribution is 7.89. The van der Waals surface area contributed by atoms with Gasteiger partial charge in [0.1, 0.15) is 0 Å². The molecule has 1 unspecified atom stereocenters.